The molecule has 2 aliphatic carbocycles. The maximum absolute atomic E-state index is 12.9. The molecule has 0 radical (unpaired) electrons. The third-order valence-electron chi connectivity index (χ3n) is 6.34. The van der Waals surface area contributed by atoms with E-state index < -0.39 is 16.1 Å². The maximum Gasteiger partial charge on any atom is 0.236 e. The Morgan fingerprint density at radius 1 is 1.23 bits per heavy atom. The van der Waals surface area contributed by atoms with E-state index in [1.807, 2.05) is 51.1 Å². The van der Waals surface area contributed by atoms with Gasteiger partial charge in [0.25, 0.3) is 0 Å². The Hall–Kier alpha value is -1.96. The average Bonchev–Trinajstić information content (AvgIpc) is 3.06. The third-order valence-corrected chi connectivity index (χ3v) is 7.92. The summed E-state index contributed by atoms with van der Waals surface area (Å²) < 4.78 is 27.8. The van der Waals surface area contributed by atoms with Gasteiger partial charge in [-0.2, -0.15) is 0 Å². The summed E-state index contributed by atoms with van der Waals surface area (Å²) in [5, 5.41) is 13.4. The van der Waals surface area contributed by atoms with E-state index in [2.05, 4.69) is 10.0 Å². The molecule has 31 heavy (non-hydrogen) atoms. The molecule has 1 amide bonds. The van der Waals surface area contributed by atoms with Crippen molar-refractivity contribution < 1.29 is 18.3 Å². The molecule has 0 spiro atoms. The summed E-state index contributed by atoms with van der Waals surface area (Å²) in [5.41, 5.74) is 3.22. The minimum absolute atomic E-state index is 0.00716. The van der Waals surface area contributed by atoms with Crippen LogP contribution in [0.15, 0.2) is 46.9 Å². The smallest absolute Gasteiger partial charge is 0.236 e. The van der Waals surface area contributed by atoms with Gasteiger partial charge in [-0.1, -0.05) is 49.8 Å². The molecule has 170 valence electrons. The number of fused-ring (bicyclic) bond motifs is 1. The Labute approximate surface area is 185 Å². The van der Waals surface area contributed by atoms with E-state index in [0.29, 0.717) is 37.1 Å². The lowest BCUT2D eigenvalue weighted by Gasteiger charge is -2.24. The number of aliphatic hydroxyl groups excluding tert-OH is 1. The van der Waals surface area contributed by atoms with Crippen LogP contribution in [0.4, 0.5) is 0 Å². The van der Waals surface area contributed by atoms with Crippen LogP contribution in [0.25, 0.3) is 0 Å². The highest BCUT2D eigenvalue weighted by molar-refractivity contribution is 7.93. The minimum atomic E-state index is -3.49. The van der Waals surface area contributed by atoms with Crippen molar-refractivity contribution in [2.75, 3.05) is 6.54 Å². The molecule has 3 N–H and O–H groups in total. The van der Waals surface area contributed by atoms with Gasteiger partial charge < -0.3 is 10.4 Å². The van der Waals surface area contributed by atoms with E-state index in [9.17, 15) is 18.3 Å². The molecule has 0 fully saturated rings. The normalized spacial score (nSPS) is 22.8. The van der Waals surface area contributed by atoms with E-state index in [4.69, 9.17) is 0 Å². The SMILES string of the molecule is CCC(CC(C)CNS(=O)(=O)C1=CC=C(C)CC1)C(=O)NC1c2ccccc2CC1O. The Morgan fingerprint density at radius 2 is 1.97 bits per heavy atom. The number of carbonyl (C=O) groups is 1. The molecule has 7 heteroatoms. The summed E-state index contributed by atoms with van der Waals surface area (Å²) in [5.74, 6) is -0.319. The van der Waals surface area contributed by atoms with Crippen LogP contribution in [-0.4, -0.2) is 32.1 Å². The number of rotatable bonds is 9. The van der Waals surface area contributed by atoms with Gasteiger partial charge >= 0.3 is 0 Å². The van der Waals surface area contributed by atoms with Gasteiger partial charge in [-0.3, -0.25) is 4.79 Å². The molecule has 0 heterocycles. The number of sulfonamides is 1. The maximum atomic E-state index is 12.9. The van der Waals surface area contributed by atoms with Gasteiger partial charge in [0.15, 0.2) is 0 Å². The molecule has 0 aromatic heterocycles. The molecule has 1 aromatic carbocycles. The number of carbonyl (C=O) groups excluding carboxylic acids is 1. The Balaban J connectivity index is 1.55. The van der Waals surface area contributed by atoms with E-state index in [-0.39, 0.29) is 23.8 Å². The van der Waals surface area contributed by atoms with E-state index in [0.717, 1.165) is 17.5 Å². The molecule has 1 aromatic rings. The molecule has 4 atom stereocenters. The largest absolute Gasteiger partial charge is 0.390 e. The standard InChI is InChI=1S/C24H34N2O4S/c1-4-18(24(28)26-23-21-8-6-5-7-19(21)14-22(23)27)13-17(3)15-25-31(29,30)20-11-9-16(2)10-12-20/h5-9,11,17-18,22-23,25,27H,4,10,12-15H2,1-3H3,(H,26,28). The van der Waals surface area contributed by atoms with Crippen LogP contribution in [0.3, 0.4) is 0 Å². The summed E-state index contributed by atoms with van der Waals surface area (Å²) in [7, 11) is -3.49. The molecule has 0 bridgehead atoms. The van der Waals surface area contributed by atoms with Crippen molar-refractivity contribution in [3.8, 4) is 0 Å². The Bertz CT molecular complexity index is 968. The second kappa shape index (κ2) is 10.1. The van der Waals surface area contributed by atoms with Crippen molar-refractivity contribution in [2.45, 2.75) is 65.0 Å². The fourth-order valence-electron chi connectivity index (χ4n) is 4.34. The third kappa shape index (κ3) is 5.84. The first-order valence-corrected chi connectivity index (χ1v) is 12.6. The van der Waals surface area contributed by atoms with Crippen molar-refractivity contribution in [1.82, 2.24) is 10.0 Å². The second-order valence-electron chi connectivity index (χ2n) is 8.90. The van der Waals surface area contributed by atoms with E-state index in [1.54, 1.807) is 6.08 Å². The first kappa shape index (κ1) is 23.7. The van der Waals surface area contributed by atoms with Crippen LogP contribution < -0.4 is 10.0 Å². The van der Waals surface area contributed by atoms with Crippen LogP contribution in [0, 0.1) is 11.8 Å². The number of aliphatic hydroxyl groups is 1. The van der Waals surface area contributed by atoms with E-state index >= 15 is 0 Å². The van der Waals surface area contributed by atoms with Crippen LogP contribution in [0.5, 0.6) is 0 Å². The zero-order chi connectivity index (χ0) is 22.6. The van der Waals surface area contributed by atoms with Crippen molar-refractivity contribution in [3.05, 3.63) is 58.0 Å². The molecule has 0 saturated carbocycles. The lowest BCUT2D eigenvalue weighted by Crippen LogP contribution is -2.39. The average molecular weight is 447 g/mol. The van der Waals surface area contributed by atoms with Gasteiger partial charge in [-0.25, -0.2) is 13.1 Å². The zero-order valence-electron chi connectivity index (χ0n) is 18.6. The van der Waals surface area contributed by atoms with Gasteiger partial charge in [-0.15, -0.1) is 0 Å². The summed E-state index contributed by atoms with van der Waals surface area (Å²) >= 11 is 0. The van der Waals surface area contributed by atoms with Gasteiger partial charge in [0, 0.05) is 18.9 Å². The molecule has 4 unspecified atom stereocenters. The highest BCUT2D eigenvalue weighted by atomic mass is 32.2. The lowest BCUT2D eigenvalue weighted by molar-refractivity contribution is -0.127. The molecule has 6 nitrogen and oxygen atoms in total. The highest BCUT2D eigenvalue weighted by Crippen LogP contribution is 2.32. The topological polar surface area (TPSA) is 95.5 Å². The van der Waals surface area contributed by atoms with Gasteiger partial charge in [0.05, 0.1) is 17.1 Å². The van der Waals surface area contributed by atoms with Crippen LogP contribution in [0.1, 0.15) is 63.6 Å². The fourth-order valence-corrected chi connectivity index (χ4v) is 5.65. The molecular weight excluding hydrogens is 412 g/mol. The number of allylic oxidation sites excluding steroid dienone is 4. The monoisotopic (exact) mass is 446 g/mol. The fraction of sp³-hybridized carbons (Fsp3) is 0.542. The predicted molar refractivity (Wildman–Crippen MR) is 123 cm³/mol. The van der Waals surface area contributed by atoms with Crippen LogP contribution in [0.2, 0.25) is 0 Å². The summed E-state index contributed by atoms with van der Waals surface area (Å²) in [4.78, 5) is 13.3. The summed E-state index contributed by atoms with van der Waals surface area (Å²) in [6, 6.07) is 7.40. The number of benzene rings is 1. The Morgan fingerprint density at radius 3 is 2.65 bits per heavy atom. The van der Waals surface area contributed by atoms with Gasteiger partial charge in [0.2, 0.25) is 15.9 Å². The molecular formula is C24H34N2O4S. The number of hydrogen-bond acceptors (Lipinski definition) is 4. The summed E-state index contributed by atoms with van der Waals surface area (Å²) in [6.45, 7) is 6.20. The Kier molecular flexibility index (Phi) is 7.73. The quantitative estimate of drug-likeness (QED) is 0.542. The number of amides is 1. The van der Waals surface area contributed by atoms with Crippen molar-refractivity contribution in [3.63, 3.8) is 0 Å². The zero-order valence-corrected chi connectivity index (χ0v) is 19.4. The molecule has 3 rings (SSSR count). The predicted octanol–water partition coefficient (Wildman–Crippen LogP) is 3.36. The van der Waals surface area contributed by atoms with Crippen molar-refractivity contribution in [2.24, 2.45) is 11.8 Å². The molecule has 0 saturated heterocycles. The van der Waals surface area contributed by atoms with Crippen LogP contribution >= 0.6 is 0 Å². The molecule has 2 aliphatic rings. The second-order valence-corrected chi connectivity index (χ2v) is 10.7. The molecule has 0 aliphatic heterocycles. The van der Waals surface area contributed by atoms with Gasteiger partial charge in [-0.05, 0) is 55.7 Å². The minimum Gasteiger partial charge on any atom is -0.390 e. The van der Waals surface area contributed by atoms with Gasteiger partial charge in [0.1, 0.15) is 0 Å². The number of nitrogens with one attached hydrogen (secondary N) is 2. The summed E-state index contributed by atoms with van der Waals surface area (Å²) in [6.07, 6.45) is 5.97. The van der Waals surface area contributed by atoms with Crippen LogP contribution in [-0.2, 0) is 21.2 Å². The van der Waals surface area contributed by atoms with E-state index in [1.165, 1.54) is 5.57 Å². The first-order chi connectivity index (χ1) is 14.7. The first-order valence-electron chi connectivity index (χ1n) is 11.1. The lowest BCUT2D eigenvalue weighted by atomic mass is 9.92. The number of hydrogen-bond donors (Lipinski definition) is 3. The van der Waals surface area contributed by atoms with Crippen molar-refractivity contribution in [1.29, 1.82) is 0 Å². The highest BCUT2D eigenvalue weighted by Gasteiger charge is 2.33. The van der Waals surface area contributed by atoms with Crippen molar-refractivity contribution >= 4 is 15.9 Å².